The molecule has 0 atom stereocenters. The number of hydrogen-bond acceptors (Lipinski definition) is 5. The van der Waals surface area contributed by atoms with Crippen molar-refractivity contribution in [3.63, 3.8) is 0 Å². The number of nitrogens with zero attached hydrogens (tertiary/aromatic N) is 6. The Morgan fingerprint density at radius 3 is 1.39 bits per heavy atom. The molecule has 0 unspecified atom stereocenters. The monoisotopic (exact) mass is 976 g/mol. The summed E-state index contributed by atoms with van der Waals surface area (Å²) in [6, 6.07) is 78.2. The van der Waals surface area contributed by atoms with Crippen LogP contribution in [0.1, 0.15) is 5.56 Å². The molecule has 0 radical (unpaired) electrons. The van der Waals surface area contributed by atoms with E-state index in [0.717, 1.165) is 92.1 Å². The van der Waals surface area contributed by atoms with Gasteiger partial charge in [0.1, 0.15) is 11.6 Å². The van der Waals surface area contributed by atoms with Gasteiger partial charge in [0.05, 0.1) is 60.8 Å². The Balaban J connectivity index is 1.23. The number of rotatable bonds is 6. The van der Waals surface area contributed by atoms with Crippen LogP contribution in [0.5, 0.6) is 0 Å². The van der Waals surface area contributed by atoms with Crippen LogP contribution < -0.4 is 0 Å². The van der Waals surface area contributed by atoms with E-state index in [1.165, 1.54) is 20.2 Å². The summed E-state index contributed by atoms with van der Waals surface area (Å²) in [5.74, 6) is 0. The van der Waals surface area contributed by atoms with Gasteiger partial charge in [0, 0.05) is 69.4 Å². The molecule has 0 aliphatic rings. The van der Waals surface area contributed by atoms with Crippen molar-refractivity contribution in [3.05, 3.63) is 235 Å². The predicted octanol–water partition coefficient (Wildman–Crippen LogP) is 18.5. The van der Waals surface area contributed by atoms with Crippen molar-refractivity contribution in [1.82, 2.24) is 19.1 Å². The molecule has 0 amide bonds. The molecule has 342 valence electrons. The molecule has 0 fully saturated rings. The number of thiophene rings is 2. The molecule has 8 heteroatoms. The van der Waals surface area contributed by atoms with Gasteiger partial charge in [-0.3, -0.25) is 4.57 Å². The van der Waals surface area contributed by atoms with E-state index >= 15 is 0 Å². The Morgan fingerprint density at radius 2 is 0.865 bits per heavy atom. The van der Waals surface area contributed by atoms with E-state index in [1.807, 2.05) is 97.1 Å². The van der Waals surface area contributed by atoms with E-state index in [4.69, 9.17) is 9.97 Å². The molecular formula is C66H36N6S2. The molecule has 0 bridgehead atoms. The van der Waals surface area contributed by atoms with Crippen LogP contribution in [-0.4, -0.2) is 19.1 Å². The highest BCUT2D eigenvalue weighted by atomic mass is 32.1. The van der Waals surface area contributed by atoms with Crippen LogP contribution in [0.2, 0.25) is 0 Å². The highest BCUT2D eigenvalue weighted by Crippen LogP contribution is 2.55. The zero-order valence-corrected chi connectivity index (χ0v) is 40.9. The van der Waals surface area contributed by atoms with Crippen LogP contribution in [0.15, 0.2) is 218 Å². The van der Waals surface area contributed by atoms with E-state index in [9.17, 15) is 11.8 Å². The van der Waals surface area contributed by atoms with Crippen LogP contribution >= 0.6 is 22.7 Å². The Bertz CT molecular complexity index is 4770. The standard InChI is InChI=1S/C66H36N6S2/c1-68-59-54(39-20-6-2-7-21-39)50(38-67)60(71-51-31-17-14-30-49(51)58-66(71)70-57(42-26-12-5-13-27-42)56(69-58)41-24-10-4-11-25-41)55(40-22-8-3-9-23-40)63(59)72-61-45(34-36-47-43-28-15-18-32-52(43)73-64(47)61)46-35-37-48-44-29-16-19-33-53(44)74-65(48)62(46)72/h2-37H. The fourth-order valence-electron chi connectivity index (χ4n) is 11.5. The quantitative estimate of drug-likeness (QED) is 0.156. The lowest BCUT2D eigenvalue weighted by molar-refractivity contribution is 1.11. The van der Waals surface area contributed by atoms with E-state index in [1.54, 1.807) is 22.7 Å². The maximum absolute atomic E-state index is 12.1. The third kappa shape index (κ3) is 6.01. The van der Waals surface area contributed by atoms with E-state index in [-0.39, 0.29) is 0 Å². The van der Waals surface area contributed by atoms with Crippen LogP contribution in [0.4, 0.5) is 5.69 Å². The maximum Gasteiger partial charge on any atom is 0.220 e. The van der Waals surface area contributed by atoms with Gasteiger partial charge in [0.15, 0.2) is 5.65 Å². The van der Waals surface area contributed by atoms with Gasteiger partial charge in [-0.1, -0.05) is 200 Å². The number of aromatic nitrogens is 4. The van der Waals surface area contributed by atoms with Gasteiger partial charge in [-0.2, -0.15) is 5.26 Å². The van der Waals surface area contributed by atoms with E-state index < -0.39 is 0 Å². The normalized spacial score (nSPS) is 11.8. The molecular weight excluding hydrogens is 941 g/mol. The van der Waals surface area contributed by atoms with Gasteiger partial charge in [-0.25, -0.2) is 14.8 Å². The van der Waals surface area contributed by atoms with Crippen LogP contribution in [0, 0.1) is 17.9 Å². The average molecular weight is 977 g/mol. The summed E-state index contributed by atoms with van der Waals surface area (Å²) in [5, 5.41) is 19.9. The van der Waals surface area contributed by atoms with Gasteiger partial charge in [-0.15, -0.1) is 22.7 Å². The van der Waals surface area contributed by atoms with Gasteiger partial charge >= 0.3 is 0 Å². The number of benzene rings is 10. The number of hydrogen-bond donors (Lipinski definition) is 0. The van der Waals surface area contributed by atoms with Crippen molar-refractivity contribution < 1.29 is 0 Å². The lowest BCUT2D eigenvalue weighted by Crippen LogP contribution is -2.09. The molecule has 10 aromatic carbocycles. The number of para-hydroxylation sites is 1. The second-order valence-corrected chi connectivity index (χ2v) is 20.6. The molecule has 0 aliphatic carbocycles. The molecule has 6 nitrogen and oxygen atoms in total. The highest BCUT2D eigenvalue weighted by molar-refractivity contribution is 7.27. The van der Waals surface area contributed by atoms with Crippen LogP contribution in [0.25, 0.3) is 145 Å². The molecule has 0 N–H and O–H groups in total. The second kappa shape index (κ2) is 16.4. The fourth-order valence-corrected chi connectivity index (χ4v) is 13.9. The van der Waals surface area contributed by atoms with Crippen LogP contribution in [0.3, 0.4) is 0 Å². The molecule has 15 rings (SSSR count). The Kier molecular flexibility index (Phi) is 9.33. The lowest BCUT2D eigenvalue weighted by atomic mass is 9.88. The minimum atomic E-state index is 0.363. The van der Waals surface area contributed by atoms with Crippen molar-refractivity contribution in [2.45, 2.75) is 0 Å². The first-order valence-electron chi connectivity index (χ1n) is 24.4. The SMILES string of the molecule is [C-]#[N+]c1c(-c2ccccc2)c(C#N)c(-n2c3ccccc3c3nc(-c4ccccc4)c(-c4ccccc4)nc32)c(-c2ccccc2)c1-n1c2c(ccc3c4ccccc4sc32)c2ccc3c4ccccc4sc3c21. The highest BCUT2D eigenvalue weighted by Gasteiger charge is 2.34. The zero-order chi connectivity index (χ0) is 49.0. The molecule has 0 saturated carbocycles. The minimum absolute atomic E-state index is 0.363. The summed E-state index contributed by atoms with van der Waals surface area (Å²) in [5.41, 5.74) is 12.5. The van der Waals surface area contributed by atoms with E-state index in [2.05, 4.69) is 141 Å². The summed E-state index contributed by atoms with van der Waals surface area (Å²) in [4.78, 5) is 16.0. The molecule has 5 aromatic heterocycles. The minimum Gasteiger partial charge on any atom is -0.316 e. The second-order valence-electron chi connectivity index (χ2n) is 18.5. The molecule has 0 spiro atoms. The molecule has 0 aliphatic heterocycles. The Morgan fingerprint density at radius 1 is 0.419 bits per heavy atom. The summed E-state index contributed by atoms with van der Waals surface area (Å²) in [6.07, 6.45) is 0. The van der Waals surface area contributed by atoms with E-state index in [0.29, 0.717) is 39.4 Å². The summed E-state index contributed by atoms with van der Waals surface area (Å²) >= 11 is 3.57. The van der Waals surface area contributed by atoms with Gasteiger partial charge in [0.25, 0.3) is 0 Å². The van der Waals surface area contributed by atoms with Gasteiger partial charge in [0.2, 0.25) is 5.69 Å². The van der Waals surface area contributed by atoms with Crippen molar-refractivity contribution in [2.75, 3.05) is 0 Å². The third-order valence-electron chi connectivity index (χ3n) is 14.6. The van der Waals surface area contributed by atoms with Crippen LogP contribution in [-0.2, 0) is 0 Å². The summed E-state index contributed by atoms with van der Waals surface area (Å²) in [6.45, 7) is 9.54. The first-order chi connectivity index (χ1) is 36.7. The lowest BCUT2D eigenvalue weighted by Gasteiger charge is -2.25. The largest absolute Gasteiger partial charge is 0.316 e. The maximum atomic E-state index is 12.1. The topological polar surface area (TPSA) is 63.8 Å². The number of nitriles is 1. The summed E-state index contributed by atoms with van der Waals surface area (Å²) < 4.78 is 9.20. The Hall–Kier alpha value is -9.70. The third-order valence-corrected chi connectivity index (χ3v) is 17.0. The zero-order valence-electron chi connectivity index (χ0n) is 39.3. The van der Waals surface area contributed by atoms with Crippen molar-refractivity contribution in [3.8, 4) is 62.2 Å². The Labute approximate surface area is 432 Å². The van der Waals surface area contributed by atoms with Gasteiger partial charge < -0.3 is 4.57 Å². The van der Waals surface area contributed by atoms with Gasteiger partial charge in [-0.05, 0) is 29.3 Å². The smallest absolute Gasteiger partial charge is 0.220 e. The number of fused-ring (bicyclic) bond motifs is 14. The van der Waals surface area contributed by atoms with Crippen molar-refractivity contribution in [2.24, 2.45) is 0 Å². The van der Waals surface area contributed by atoms with Crippen molar-refractivity contribution in [1.29, 1.82) is 5.26 Å². The predicted molar refractivity (Wildman–Crippen MR) is 309 cm³/mol. The first-order valence-corrected chi connectivity index (χ1v) is 26.1. The van der Waals surface area contributed by atoms with Crippen molar-refractivity contribution >= 4 is 113 Å². The first kappa shape index (κ1) is 42.0. The molecule has 15 aromatic rings. The fraction of sp³-hybridized carbons (Fsp3) is 0. The molecule has 0 saturated heterocycles. The molecule has 74 heavy (non-hydrogen) atoms. The summed E-state index contributed by atoms with van der Waals surface area (Å²) in [7, 11) is 0. The molecule has 5 heterocycles. The average Bonchev–Trinajstić information content (AvgIpc) is 4.23.